The number of rotatable bonds is 1. The fraction of sp³-hybridized carbons (Fsp3) is 1.00. The Kier molecular flexibility index (Phi) is 9.44. The van der Waals surface area contributed by atoms with Crippen molar-refractivity contribution >= 4 is 11.8 Å². The zero-order valence-corrected chi connectivity index (χ0v) is 7.21. The van der Waals surface area contributed by atoms with Crippen LogP contribution >= 0.6 is 11.8 Å². The van der Waals surface area contributed by atoms with E-state index in [1.807, 2.05) is 0 Å². The molecule has 0 unspecified atom stereocenters. The Morgan fingerprint density at radius 2 is 1.70 bits per heavy atom. The predicted molar refractivity (Wildman–Crippen MR) is 46.7 cm³/mol. The molecular weight excluding hydrogens is 150 g/mol. The minimum Gasteiger partial charge on any atom is -0.412 e. The fourth-order valence-corrected chi connectivity index (χ4v) is 1.90. The highest BCUT2D eigenvalue weighted by Gasteiger charge is 2.05. The van der Waals surface area contributed by atoms with Gasteiger partial charge in [-0.1, -0.05) is 6.92 Å². The summed E-state index contributed by atoms with van der Waals surface area (Å²) in [6.45, 7) is 6.08. The Bertz CT molecular complexity index is 66.8. The third-order valence-electron chi connectivity index (χ3n) is 1.55. The summed E-state index contributed by atoms with van der Waals surface area (Å²) in [5, 5.41) is 0. The van der Waals surface area contributed by atoms with Crippen molar-refractivity contribution < 1.29 is 11.0 Å². The summed E-state index contributed by atoms with van der Waals surface area (Å²) in [6.07, 6.45) is 0. The van der Waals surface area contributed by atoms with E-state index in [0.717, 1.165) is 0 Å². The Morgan fingerprint density at radius 1 is 1.20 bits per heavy atom. The van der Waals surface area contributed by atoms with Crippen LogP contribution in [0.2, 0.25) is 0 Å². The third kappa shape index (κ3) is 4.11. The Balaban J connectivity index is 0. The highest BCUT2D eigenvalue weighted by Crippen LogP contribution is 2.07. The molecule has 1 rings (SSSR count). The van der Waals surface area contributed by atoms with Gasteiger partial charge in [-0.3, -0.25) is 0 Å². The van der Waals surface area contributed by atoms with Crippen molar-refractivity contribution in [1.82, 2.24) is 4.90 Å². The lowest BCUT2D eigenvalue weighted by atomic mass is 10.5. The fourth-order valence-electron chi connectivity index (χ4n) is 0.917. The zero-order valence-electron chi connectivity index (χ0n) is 6.39. The zero-order chi connectivity index (χ0) is 5.82. The summed E-state index contributed by atoms with van der Waals surface area (Å²) >= 11 is 2.07. The van der Waals surface area contributed by atoms with Crippen LogP contribution in [-0.4, -0.2) is 47.0 Å². The van der Waals surface area contributed by atoms with Crippen LogP contribution in [0.3, 0.4) is 0 Å². The summed E-state index contributed by atoms with van der Waals surface area (Å²) in [7, 11) is 0. The van der Waals surface area contributed by atoms with Crippen LogP contribution in [0.25, 0.3) is 0 Å². The molecule has 0 atom stereocenters. The van der Waals surface area contributed by atoms with Gasteiger partial charge in [0.15, 0.2) is 0 Å². The molecule has 4 N–H and O–H groups in total. The van der Waals surface area contributed by atoms with E-state index in [0.29, 0.717) is 0 Å². The Morgan fingerprint density at radius 3 is 2.00 bits per heavy atom. The van der Waals surface area contributed by atoms with Crippen molar-refractivity contribution in [2.75, 3.05) is 31.1 Å². The molecule has 10 heavy (non-hydrogen) atoms. The first kappa shape index (κ1) is 12.9. The quantitative estimate of drug-likeness (QED) is 0.523. The van der Waals surface area contributed by atoms with Crippen LogP contribution in [0.5, 0.6) is 0 Å². The van der Waals surface area contributed by atoms with Crippen LogP contribution in [0.4, 0.5) is 0 Å². The molecule has 1 fully saturated rings. The monoisotopic (exact) mass is 167 g/mol. The third-order valence-corrected chi connectivity index (χ3v) is 2.49. The first-order chi connectivity index (χ1) is 3.93. The lowest BCUT2D eigenvalue weighted by Gasteiger charge is -2.23. The second kappa shape index (κ2) is 7.34. The average molecular weight is 167 g/mol. The van der Waals surface area contributed by atoms with Gasteiger partial charge in [0.2, 0.25) is 0 Å². The van der Waals surface area contributed by atoms with Gasteiger partial charge in [0, 0.05) is 24.6 Å². The Hall–Kier alpha value is 0.230. The molecule has 1 aliphatic rings. The SMILES string of the molecule is CCN1CCSCC1.O.O. The van der Waals surface area contributed by atoms with Crippen LogP contribution < -0.4 is 0 Å². The molecule has 1 aliphatic heterocycles. The van der Waals surface area contributed by atoms with Gasteiger partial charge in [0.05, 0.1) is 0 Å². The van der Waals surface area contributed by atoms with Gasteiger partial charge in [-0.25, -0.2) is 0 Å². The average Bonchev–Trinajstić information content (AvgIpc) is 1.90. The van der Waals surface area contributed by atoms with E-state index in [-0.39, 0.29) is 11.0 Å². The van der Waals surface area contributed by atoms with Crippen molar-refractivity contribution in [2.24, 2.45) is 0 Å². The molecule has 0 aromatic heterocycles. The van der Waals surface area contributed by atoms with Gasteiger partial charge in [0.25, 0.3) is 0 Å². The van der Waals surface area contributed by atoms with Crippen LogP contribution in [-0.2, 0) is 0 Å². The molecule has 4 heteroatoms. The maximum absolute atomic E-state index is 2.50. The number of hydrogen-bond donors (Lipinski definition) is 0. The molecule has 0 amide bonds. The normalized spacial score (nSPS) is 18.9. The van der Waals surface area contributed by atoms with Crippen molar-refractivity contribution in [1.29, 1.82) is 0 Å². The lowest BCUT2D eigenvalue weighted by Crippen LogP contribution is -2.31. The molecule has 0 bridgehead atoms. The highest BCUT2D eigenvalue weighted by molar-refractivity contribution is 7.99. The smallest absolute Gasteiger partial charge is 0.00726 e. The van der Waals surface area contributed by atoms with Crippen LogP contribution in [0, 0.1) is 0 Å². The summed E-state index contributed by atoms with van der Waals surface area (Å²) in [5.41, 5.74) is 0. The molecule has 0 aliphatic carbocycles. The first-order valence-corrected chi connectivity index (χ1v) is 4.39. The molecular formula is C6H17NO2S. The van der Waals surface area contributed by atoms with E-state index < -0.39 is 0 Å². The molecule has 3 nitrogen and oxygen atoms in total. The van der Waals surface area contributed by atoms with Crippen molar-refractivity contribution in [3.05, 3.63) is 0 Å². The van der Waals surface area contributed by atoms with Gasteiger partial charge in [-0.15, -0.1) is 0 Å². The van der Waals surface area contributed by atoms with Gasteiger partial charge in [-0.05, 0) is 6.54 Å². The summed E-state index contributed by atoms with van der Waals surface area (Å²) in [5.74, 6) is 2.68. The second-order valence-electron chi connectivity index (χ2n) is 2.05. The number of thioether (sulfide) groups is 1. The summed E-state index contributed by atoms with van der Waals surface area (Å²) in [6, 6.07) is 0. The molecule has 0 aromatic carbocycles. The molecule has 0 aromatic rings. The van der Waals surface area contributed by atoms with E-state index >= 15 is 0 Å². The molecule has 1 saturated heterocycles. The maximum Gasteiger partial charge on any atom is 0.00726 e. The molecule has 0 spiro atoms. The molecule has 1 heterocycles. The molecule has 64 valence electrons. The lowest BCUT2D eigenvalue weighted by molar-refractivity contribution is 0.320. The maximum atomic E-state index is 2.50. The van der Waals surface area contributed by atoms with Gasteiger partial charge in [0.1, 0.15) is 0 Å². The minimum absolute atomic E-state index is 0. The van der Waals surface area contributed by atoms with Crippen molar-refractivity contribution in [3.8, 4) is 0 Å². The van der Waals surface area contributed by atoms with Crippen molar-refractivity contribution in [2.45, 2.75) is 6.92 Å². The van der Waals surface area contributed by atoms with Gasteiger partial charge < -0.3 is 15.9 Å². The van der Waals surface area contributed by atoms with Crippen LogP contribution in [0.15, 0.2) is 0 Å². The van der Waals surface area contributed by atoms with E-state index in [1.54, 1.807) is 0 Å². The largest absolute Gasteiger partial charge is 0.412 e. The van der Waals surface area contributed by atoms with Gasteiger partial charge >= 0.3 is 0 Å². The van der Waals surface area contributed by atoms with E-state index in [9.17, 15) is 0 Å². The molecule has 0 radical (unpaired) electrons. The van der Waals surface area contributed by atoms with Crippen molar-refractivity contribution in [3.63, 3.8) is 0 Å². The topological polar surface area (TPSA) is 66.2 Å². The Labute approximate surface area is 66.4 Å². The first-order valence-electron chi connectivity index (χ1n) is 3.23. The van der Waals surface area contributed by atoms with E-state index in [2.05, 4.69) is 23.6 Å². The van der Waals surface area contributed by atoms with Crippen LogP contribution in [0.1, 0.15) is 6.92 Å². The van der Waals surface area contributed by atoms with Gasteiger partial charge in [-0.2, -0.15) is 11.8 Å². The minimum atomic E-state index is 0. The summed E-state index contributed by atoms with van der Waals surface area (Å²) in [4.78, 5) is 2.50. The highest BCUT2D eigenvalue weighted by atomic mass is 32.2. The number of nitrogens with zero attached hydrogens (tertiary/aromatic N) is 1. The standard InChI is InChI=1S/C6H13NS.2H2O/c1-2-7-3-5-8-6-4-7;;/h2-6H2,1H3;2*1H2. The predicted octanol–water partition coefficient (Wildman–Crippen LogP) is -0.594. The van der Waals surface area contributed by atoms with E-state index in [1.165, 1.54) is 31.1 Å². The molecule has 0 saturated carbocycles. The second-order valence-corrected chi connectivity index (χ2v) is 3.27. The number of hydrogen-bond acceptors (Lipinski definition) is 2. The summed E-state index contributed by atoms with van der Waals surface area (Å²) < 4.78 is 0. The van der Waals surface area contributed by atoms with E-state index in [4.69, 9.17) is 0 Å².